The third-order valence-corrected chi connectivity index (χ3v) is 5.66. The number of hydrogen-bond acceptors (Lipinski definition) is 5. The van der Waals surface area contributed by atoms with E-state index in [0.29, 0.717) is 18.8 Å². The maximum atomic E-state index is 12.4. The Hall–Kier alpha value is -0.940. The van der Waals surface area contributed by atoms with Gasteiger partial charge in [0.25, 0.3) is 5.91 Å². The molecule has 9 heteroatoms. The number of aliphatic imine (C=N–C) groups is 1. The summed E-state index contributed by atoms with van der Waals surface area (Å²) in [5.74, 6) is 3.81. The first-order valence-electron chi connectivity index (χ1n) is 9.44. The van der Waals surface area contributed by atoms with E-state index in [1.807, 2.05) is 16.7 Å². The lowest BCUT2D eigenvalue weighted by molar-refractivity contribution is 0.0657. The monoisotopic (exact) mass is 507 g/mol. The number of piperazine rings is 1. The van der Waals surface area contributed by atoms with Gasteiger partial charge in [-0.3, -0.25) is 14.7 Å². The molecule has 0 spiro atoms. The van der Waals surface area contributed by atoms with Gasteiger partial charge in [0.1, 0.15) is 0 Å². The van der Waals surface area contributed by atoms with E-state index >= 15 is 0 Å². The SMILES string of the molecule is CCNC(=NCCN1CCSCC1)N1CCN(C(=O)c2ccco2)CC1.I. The molecule has 2 fully saturated rings. The second-order valence-electron chi connectivity index (χ2n) is 6.45. The zero-order valence-corrected chi connectivity index (χ0v) is 19.1. The summed E-state index contributed by atoms with van der Waals surface area (Å²) in [7, 11) is 0. The summed E-state index contributed by atoms with van der Waals surface area (Å²) < 4.78 is 5.23. The zero-order valence-electron chi connectivity index (χ0n) is 15.9. The van der Waals surface area contributed by atoms with E-state index in [2.05, 4.69) is 22.0 Å². The van der Waals surface area contributed by atoms with Gasteiger partial charge in [-0.05, 0) is 19.1 Å². The lowest BCUT2D eigenvalue weighted by Crippen LogP contribution is -2.53. The molecule has 3 rings (SSSR count). The molecule has 3 heterocycles. The fourth-order valence-corrected chi connectivity index (χ4v) is 4.20. The molecule has 0 atom stereocenters. The molecule has 1 aromatic heterocycles. The average Bonchev–Trinajstić information content (AvgIpc) is 3.23. The van der Waals surface area contributed by atoms with Crippen molar-refractivity contribution in [2.75, 3.05) is 70.4 Å². The number of halogens is 1. The molecule has 0 bridgehead atoms. The molecule has 0 aromatic carbocycles. The second-order valence-corrected chi connectivity index (χ2v) is 7.67. The number of thioether (sulfide) groups is 1. The van der Waals surface area contributed by atoms with Gasteiger partial charge < -0.3 is 19.5 Å². The minimum absolute atomic E-state index is 0. The molecule has 1 aromatic rings. The minimum Gasteiger partial charge on any atom is -0.459 e. The van der Waals surface area contributed by atoms with Gasteiger partial charge in [-0.15, -0.1) is 24.0 Å². The number of rotatable bonds is 5. The fourth-order valence-electron chi connectivity index (χ4n) is 3.23. The van der Waals surface area contributed by atoms with Gasteiger partial charge in [0.2, 0.25) is 0 Å². The van der Waals surface area contributed by atoms with Crippen LogP contribution in [0.4, 0.5) is 0 Å². The summed E-state index contributed by atoms with van der Waals surface area (Å²) in [5, 5.41) is 3.39. The van der Waals surface area contributed by atoms with Crippen molar-refractivity contribution in [3.8, 4) is 0 Å². The number of hydrogen-bond donors (Lipinski definition) is 1. The number of amides is 1. The van der Waals surface area contributed by atoms with Crippen LogP contribution in [0.25, 0.3) is 0 Å². The highest BCUT2D eigenvalue weighted by molar-refractivity contribution is 14.0. The molecule has 152 valence electrons. The van der Waals surface area contributed by atoms with Crippen LogP contribution >= 0.6 is 35.7 Å². The largest absolute Gasteiger partial charge is 0.459 e. The van der Waals surface area contributed by atoms with E-state index in [1.54, 1.807) is 18.4 Å². The van der Waals surface area contributed by atoms with Crippen LogP contribution in [0.5, 0.6) is 0 Å². The standard InChI is InChI=1S/C18H29N5O2S.HI/c1-2-19-18(20-5-6-21-11-14-26-15-12-21)23-9-7-22(8-10-23)17(24)16-4-3-13-25-16;/h3-4,13H,2,5-12,14-15H2,1H3,(H,19,20);1H. The fraction of sp³-hybridized carbons (Fsp3) is 0.667. The summed E-state index contributed by atoms with van der Waals surface area (Å²) in [5.41, 5.74) is 0. The lowest BCUT2D eigenvalue weighted by Gasteiger charge is -2.36. The van der Waals surface area contributed by atoms with Gasteiger partial charge in [0.05, 0.1) is 12.8 Å². The highest BCUT2D eigenvalue weighted by Crippen LogP contribution is 2.10. The molecule has 0 radical (unpaired) electrons. The molecular formula is C18H30IN5O2S. The van der Waals surface area contributed by atoms with Crippen LogP contribution < -0.4 is 5.32 Å². The van der Waals surface area contributed by atoms with Crippen LogP contribution in [-0.4, -0.2) is 97.0 Å². The number of guanidine groups is 1. The first kappa shape index (κ1) is 22.4. The Labute approximate surface area is 182 Å². The molecule has 2 saturated heterocycles. The molecule has 0 saturated carbocycles. The van der Waals surface area contributed by atoms with Crippen molar-refractivity contribution in [2.45, 2.75) is 6.92 Å². The molecule has 27 heavy (non-hydrogen) atoms. The second kappa shape index (κ2) is 11.8. The van der Waals surface area contributed by atoms with E-state index in [1.165, 1.54) is 24.6 Å². The van der Waals surface area contributed by atoms with E-state index in [-0.39, 0.29) is 29.9 Å². The summed E-state index contributed by atoms with van der Waals surface area (Å²) in [4.78, 5) is 23.8. The van der Waals surface area contributed by atoms with Crippen molar-refractivity contribution in [3.05, 3.63) is 24.2 Å². The van der Waals surface area contributed by atoms with E-state index < -0.39 is 0 Å². The summed E-state index contributed by atoms with van der Waals surface area (Å²) in [6.07, 6.45) is 1.54. The molecule has 1 N–H and O–H groups in total. The predicted molar refractivity (Wildman–Crippen MR) is 121 cm³/mol. The Balaban J connectivity index is 0.00000261. The van der Waals surface area contributed by atoms with Gasteiger partial charge in [0, 0.05) is 63.9 Å². The van der Waals surface area contributed by atoms with Crippen LogP contribution in [0.1, 0.15) is 17.5 Å². The Morgan fingerprint density at radius 1 is 1.19 bits per heavy atom. The first-order chi connectivity index (χ1) is 12.8. The summed E-state index contributed by atoms with van der Waals surface area (Å²) >= 11 is 2.03. The van der Waals surface area contributed by atoms with Crippen LogP contribution in [0, 0.1) is 0 Å². The van der Waals surface area contributed by atoms with Crippen LogP contribution in [0.2, 0.25) is 0 Å². The highest BCUT2D eigenvalue weighted by Gasteiger charge is 2.25. The smallest absolute Gasteiger partial charge is 0.289 e. The van der Waals surface area contributed by atoms with Gasteiger partial charge >= 0.3 is 0 Å². The Morgan fingerprint density at radius 2 is 1.89 bits per heavy atom. The predicted octanol–water partition coefficient (Wildman–Crippen LogP) is 1.67. The first-order valence-corrected chi connectivity index (χ1v) is 10.6. The maximum absolute atomic E-state index is 12.4. The number of furan rings is 1. The molecule has 0 unspecified atom stereocenters. The molecule has 2 aliphatic rings. The highest BCUT2D eigenvalue weighted by atomic mass is 127. The third kappa shape index (κ3) is 6.56. The quantitative estimate of drug-likeness (QED) is 0.372. The number of carbonyl (C=O) groups is 1. The van der Waals surface area contributed by atoms with Gasteiger partial charge in [-0.2, -0.15) is 11.8 Å². The molecule has 0 aliphatic carbocycles. The van der Waals surface area contributed by atoms with Crippen molar-refractivity contribution in [3.63, 3.8) is 0 Å². The molecule has 2 aliphatic heterocycles. The van der Waals surface area contributed by atoms with Gasteiger partial charge in [0.15, 0.2) is 11.7 Å². The van der Waals surface area contributed by atoms with E-state index in [0.717, 1.165) is 38.7 Å². The lowest BCUT2D eigenvalue weighted by atomic mass is 10.3. The third-order valence-electron chi connectivity index (χ3n) is 4.71. The number of nitrogens with zero attached hydrogens (tertiary/aromatic N) is 4. The number of carbonyl (C=O) groups excluding carboxylic acids is 1. The topological polar surface area (TPSA) is 64.3 Å². The Morgan fingerprint density at radius 3 is 2.52 bits per heavy atom. The van der Waals surface area contributed by atoms with Crippen molar-refractivity contribution in [1.29, 1.82) is 0 Å². The van der Waals surface area contributed by atoms with Crippen LogP contribution in [0.3, 0.4) is 0 Å². The summed E-state index contributed by atoms with van der Waals surface area (Å²) in [6.45, 7) is 10.1. The van der Waals surface area contributed by atoms with E-state index in [4.69, 9.17) is 9.41 Å². The number of nitrogens with one attached hydrogen (secondary N) is 1. The normalized spacial score (nSPS) is 18.9. The van der Waals surface area contributed by atoms with Crippen molar-refractivity contribution >= 4 is 47.6 Å². The Kier molecular flexibility index (Phi) is 9.77. The van der Waals surface area contributed by atoms with E-state index in [9.17, 15) is 4.79 Å². The molecular weight excluding hydrogens is 477 g/mol. The van der Waals surface area contributed by atoms with Gasteiger partial charge in [-0.25, -0.2) is 0 Å². The zero-order chi connectivity index (χ0) is 18.2. The van der Waals surface area contributed by atoms with Crippen molar-refractivity contribution in [1.82, 2.24) is 20.0 Å². The molecule has 7 nitrogen and oxygen atoms in total. The van der Waals surface area contributed by atoms with Crippen molar-refractivity contribution in [2.24, 2.45) is 4.99 Å². The Bertz CT molecular complexity index is 585. The minimum atomic E-state index is -0.0282. The van der Waals surface area contributed by atoms with Crippen molar-refractivity contribution < 1.29 is 9.21 Å². The summed E-state index contributed by atoms with van der Waals surface area (Å²) in [6, 6.07) is 3.47. The van der Waals surface area contributed by atoms with Crippen LogP contribution in [0.15, 0.2) is 27.8 Å². The van der Waals surface area contributed by atoms with Gasteiger partial charge in [-0.1, -0.05) is 0 Å². The van der Waals surface area contributed by atoms with Crippen LogP contribution in [-0.2, 0) is 0 Å². The molecule has 1 amide bonds. The average molecular weight is 507 g/mol. The maximum Gasteiger partial charge on any atom is 0.289 e.